The third kappa shape index (κ3) is 3.47. The number of nitrogens with two attached hydrogens (primary N) is 1. The van der Waals surface area contributed by atoms with E-state index in [0.717, 1.165) is 58.3 Å². The number of urea groups is 1. The summed E-state index contributed by atoms with van der Waals surface area (Å²) in [6, 6.07) is 0.412. The van der Waals surface area contributed by atoms with Gasteiger partial charge in [-0.1, -0.05) is 0 Å². The Morgan fingerprint density at radius 1 is 1.04 bits per heavy atom. The largest absolute Gasteiger partial charge is 0.339 e. The SMILES string of the molecule is CC1CC(CN)CN1C(=O)C1CCCN(C(=O)N2CCCC2)C1. The van der Waals surface area contributed by atoms with Crippen molar-refractivity contribution < 1.29 is 9.59 Å². The second-order valence-electron chi connectivity index (χ2n) is 7.44. The molecular formula is C17H30N4O2. The molecule has 0 radical (unpaired) electrons. The van der Waals surface area contributed by atoms with Crippen LogP contribution in [0.25, 0.3) is 0 Å². The normalized spacial score (nSPS) is 31.7. The summed E-state index contributed by atoms with van der Waals surface area (Å²) in [7, 11) is 0. The molecule has 0 aromatic rings. The fourth-order valence-electron chi connectivity index (χ4n) is 4.32. The van der Waals surface area contributed by atoms with Crippen LogP contribution in [-0.2, 0) is 4.79 Å². The summed E-state index contributed by atoms with van der Waals surface area (Å²) in [5.74, 6) is 0.626. The van der Waals surface area contributed by atoms with Crippen LogP contribution in [0.1, 0.15) is 39.0 Å². The number of piperidine rings is 1. The topological polar surface area (TPSA) is 69.9 Å². The summed E-state index contributed by atoms with van der Waals surface area (Å²) >= 11 is 0. The molecule has 3 unspecified atom stereocenters. The smallest absolute Gasteiger partial charge is 0.320 e. The highest BCUT2D eigenvalue weighted by molar-refractivity contribution is 5.81. The van der Waals surface area contributed by atoms with Gasteiger partial charge in [-0.15, -0.1) is 0 Å². The van der Waals surface area contributed by atoms with E-state index in [1.165, 1.54) is 0 Å². The lowest BCUT2D eigenvalue weighted by atomic mass is 9.96. The van der Waals surface area contributed by atoms with Crippen molar-refractivity contribution >= 4 is 11.9 Å². The van der Waals surface area contributed by atoms with Gasteiger partial charge in [-0.05, 0) is 51.5 Å². The van der Waals surface area contributed by atoms with Gasteiger partial charge >= 0.3 is 6.03 Å². The van der Waals surface area contributed by atoms with E-state index in [1.54, 1.807) is 0 Å². The summed E-state index contributed by atoms with van der Waals surface area (Å²) in [5.41, 5.74) is 5.77. The standard InChI is InChI=1S/C17H30N4O2/c1-13-9-14(10-18)11-21(13)16(22)15-5-4-8-20(12-15)17(23)19-6-2-3-7-19/h13-15H,2-12,18H2,1H3. The molecule has 3 aliphatic heterocycles. The summed E-state index contributed by atoms with van der Waals surface area (Å²) in [6.45, 7) is 6.67. The predicted octanol–water partition coefficient (Wildman–Crippen LogP) is 1.11. The second-order valence-corrected chi connectivity index (χ2v) is 7.44. The molecule has 3 rings (SSSR count). The van der Waals surface area contributed by atoms with E-state index in [9.17, 15) is 9.59 Å². The maximum atomic E-state index is 12.9. The van der Waals surface area contributed by atoms with Crippen molar-refractivity contribution in [2.45, 2.75) is 45.1 Å². The minimum Gasteiger partial charge on any atom is -0.339 e. The first-order valence-electron chi connectivity index (χ1n) is 9.14. The number of hydrogen-bond acceptors (Lipinski definition) is 3. The Bertz CT molecular complexity index is 450. The van der Waals surface area contributed by atoms with Crippen molar-refractivity contribution in [2.24, 2.45) is 17.6 Å². The molecule has 0 saturated carbocycles. The van der Waals surface area contributed by atoms with Crippen molar-refractivity contribution in [1.82, 2.24) is 14.7 Å². The van der Waals surface area contributed by atoms with Crippen LogP contribution in [-0.4, -0.2) is 71.9 Å². The van der Waals surface area contributed by atoms with Gasteiger partial charge < -0.3 is 20.4 Å². The van der Waals surface area contributed by atoms with Gasteiger partial charge in [-0.2, -0.15) is 0 Å². The van der Waals surface area contributed by atoms with Gasteiger partial charge in [0.05, 0.1) is 5.92 Å². The number of rotatable bonds is 2. The third-order valence-electron chi connectivity index (χ3n) is 5.70. The zero-order chi connectivity index (χ0) is 16.4. The number of amides is 3. The monoisotopic (exact) mass is 322 g/mol. The molecule has 3 saturated heterocycles. The van der Waals surface area contributed by atoms with E-state index in [0.29, 0.717) is 19.0 Å². The molecule has 3 aliphatic rings. The van der Waals surface area contributed by atoms with Crippen LogP contribution in [0.3, 0.4) is 0 Å². The zero-order valence-electron chi connectivity index (χ0n) is 14.2. The molecule has 6 nitrogen and oxygen atoms in total. The Labute approximate surface area is 139 Å². The van der Waals surface area contributed by atoms with Gasteiger partial charge in [-0.3, -0.25) is 4.79 Å². The number of carbonyl (C=O) groups excluding carboxylic acids is 2. The van der Waals surface area contributed by atoms with E-state index in [1.807, 2.05) is 14.7 Å². The van der Waals surface area contributed by atoms with Crippen LogP contribution in [0.15, 0.2) is 0 Å². The Morgan fingerprint density at radius 2 is 1.74 bits per heavy atom. The highest BCUT2D eigenvalue weighted by Gasteiger charge is 2.38. The molecular weight excluding hydrogens is 292 g/mol. The second kappa shape index (κ2) is 7.07. The van der Waals surface area contributed by atoms with Crippen molar-refractivity contribution in [3.8, 4) is 0 Å². The molecule has 0 bridgehead atoms. The predicted molar refractivity (Wildman–Crippen MR) is 88.8 cm³/mol. The number of carbonyl (C=O) groups is 2. The minimum atomic E-state index is -0.0331. The van der Waals surface area contributed by atoms with Crippen LogP contribution in [0.5, 0.6) is 0 Å². The Morgan fingerprint density at radius 3 is 2.39 bits per heavy atom. The molecule has 3 fully saturated rings. The molecule has 0 spiro atoms. The Balaban J connectivity index is 1.59. The zero-order valence-corrected chi connectivity index (χ0v) is 14.2. The average Bonchev–Trinajstić information content (AvgIpc) is 3.23. The molecule has 3 heterocycles. The molecule has 3 amide bonds. The van der Waals surface area contributed by atoms with Crippen molar-refractivity contribution in [2.75, 3.05) is 39.3 Å². The van der Waals surface area contributed by atoms with E-state index in [-0.39, 0.29) is 23.9 Å². The van der Waals surface area contributed by atoms with Crippen LogP contribution in [0, 0.1) is 11.8 Å². The van der Waals surface area contributed by atoms with E-state index >= 15 is 0 Å². The highest BCUT2D eigenvalue weighted by atomic mass is 16.2. The average molecular weight is 322 g/mol. The molecule has 2 N–H and O–H groups in total. The molecule has 0 aromatic heterocycles. The minimum absolute atomic E-state index is 0.0331. The lowest BCUT2D eigenvalue weighted by Crippen LogP contribution is -2.50. The van der Waals surface area contributed by atoms with Crippen LogP contribution >= 0.6 is 0 Å². The summed E-state index contributed by atoms with van der Waals surface area (Å²) in [4.78, 5) is 31.3. The fourth-order valence-corrected chi connectivity index (χ4v) is 4.32. The summed E-state index contributed by atoms with van der Waals surface area (Å²) in [6.07, 6.45) is 5.05. The van der Waals surface area contributed by atoms with Gasteiger partial charge in [0.15, 0.2) is 0 Å². The van der Waals surface area contributed by atoms with Crippen LogP contribution in [0.4, 0.5) is 4.79 Å². The Kier molecular flexibility index (Phi) is 5.09. The fraction of sp³-hybridized carbons (Fsp3) is 0.882. The maximum Gasteiger partial charge on any atom is 0.320 e. The van der Waals surface area contributed by atoms with E-state index in [2.05, 4.69) is 6.92 Å². The number of likely N-dealkylation sites (tertiary alicyclic amines) is 3. The van der Waals surface area contributed by atoms with Gasteiger partial charge in [0, 0.05) is 38.8 Å². The molecule has 0 aliphatic carbocycles. The van der Waals surface area contributed by atoms with Crippen LogP contribution in [0.2, 0.25) is 0 Å². The first kappa shape index (κ1) is 16.6. The van der Waals surface area contributed by atoms with Gasteiger partial charge in [0.25, 0.3) is 0 Å². The van der Waals surface area contributed by atoms with Crippen molar-refractivity contribution in [3.63, 3.8) is 0 Å². The molecule has 23 heavy (non-hydrogen) atoms. The summed E-state index contributed by atoms with van der Waals surface area (Å²) < 4.78 is 0. The lowest BCUT2D eigenvalue weighted by molar-refractivity contribution is -0.137. The van der Waals surface area contributed by atoms with Gasteiger partial charge in [-0.25, -0.2) is 4.79 Å². The molecule has 3 atom stereocenters. The summed E-state index contributed by atoms with van der Waals surface area (Å²) in [5, 5.41) is 0. The van der Waals surface area contributed by atoms with E-state index in [4.69, 9.17) is 5.73 Å². The first-order valence-corrected chi connectivity index (χ1v) is 9.14. The maximum absolute atomic E-state index is 12.9. The molecule has 130 valence electrons. The lowest BCUT2D eigenvalue weighted by Gasteiger charge is -2.36. The number of nitrogens with zero attached hydrogens (tertiary/aromatic N) is 3. The van der Waals surface area contributed by atoms with E-state index < -0.39 is 0 Å². The first-order chi connectivity index (χ1) is 11.1. The van der Waals surface area contributed by atoms with Crippen molar-refractivity contribution in [3.05, 3.63) is 0 Å². The molecule has 6 heteroatoms. The molecule has 0 aromatic carbocycles. The quantitative estimate of drug-likeness (QED) is 0.828. The number of hydrogen-bond donors (Lipinski definition) is 1. The Hall–Kier alpha value is -1.30. The van der Waals surface area contributed by atoms with Crippen molar-refractivity contribution in [1.29, 1.82) is 0 Å². The highest BCUT2D eigenvalue weighted by Crippen LogP contribution is 2.27. The van der Waals surface area contributed by atoms with Crippen LogP contribution < -0.4 is 5.73 Å². The third-order valence-corrected chi connectivity index (χ3v) is 5.70. The van der Waals surface area contributed by atoms with Gasteiger partial charge in [0.2, 0.25) is 5.91 Å². The van der Waals surface area contributed by atoms with Gasteiger partial charge in [0.1, 0.15) is 0 Å².